The Balaban J connectivity index is 1.27. The molecule has 8 heteroatoms. The molecule has 1 aliphatic heterocycles. The molecule has 3 atom stereocenters. The minimum atomic E-state index is -0.518. The van der Waals surface area contributed by atoms with Crippen LogP contribution in [0.15, 0.2) is 42.5 Å². The lowest BCUT2D eigenvalue weighted by Gasteiger charge is -2.41. The first-order chi connectivity index (χ1) is 20.8. The van der Waals surface area contributed by atoms with E-state index < -0.39 is 5.82 Å². The molecule has 0 spiro atoms. The van der Waals surface area contributed by atoms with E-state index in [1.165, 1.54) is 17.7 Å². The normalized spacial score (nSPS) is 23.4. The Labute approximate surface area is 260 Å². The minimum absolute atomic E-state index is 0.0223. The molecule has 6 nitrogen and oxygen atoms in total. The van der Waals surface area contributed by atoms with Crippen molar-refractivity contribution in [1.29, 1.82) is 5.26 Å². The average Bonchev–Trinajstić information content (AvgIpc) is 3.77. The van der Waals surface area contributed by atoms with Crippen molar-refractivity contribution < 1.29 is 14.0 Å². The number of halogens is 2. The van der Waals surface area contributed by atoms with E-state index in [1.54, 1.807) is 6.07 Å². The van der Waals surface area contributed by atoms with Gasteiger partial charge in [0.05, 0.1) is 16.7 Å². The van der Waals surface area contributed by atoms with Crippen molar-refractivity contribution in [1.82, 2.24) is 9.80 Å². The predicted octanol–water partition coefficient (Wildman–Crippen LogP) is 8.15. The van der Waals surface area contributed by atoms with Gasteiger partial charge in [-0.1, -0.05) is 50.4 Å². The number of anilines is 1. The molecule has 3 aliphatic rings. The van der Waals surface area contributed by atoms with Crippen LogP contribution in [0.25, 0.3) is 0 Å². The minimum Gasteiger partial charge on any atom is -0.342 e. The molecular formula is C35H44ClFN4O2. The number of nitrogens with one attached hydrogen (secondary N) is 1. The third-order valence-corrected chi connectivity index (χ3v) is 10.4. The summed E-state index contributed by atoms with van der Waals surface area (Å²) in [4.78, 5) is 31.1. The molecule has 5 rings (SSSR count). The molecule has 3 amide bonds. The fraction of sp³-hybridized carbons (Fsp3) is 0.571. The molecule has 2 aromatic rings. The largest absolute Gasteiger partial charge is 0.342 e. The van der Waals surface area contributed by atoms with E-state index in [0.29, 0.717) is 35.5 Å². The quantitative estimate of drug-likeness (QED) is 0.296. The summed E-state index contributed by atoms with van der Waals surface area (Å²) in [6.45, 7) is 6.39. The maximum atomic E-state index is 13.8. The monoisotopic (exact) mass is 606 g/mol. The summed E-state index contributed by atoms with van der Waals surface area (Å²) in [5.41, 5.74) is 2.52. The number of rotatable bonds is 10. The lowest BCUT2D eigenvalue weighted by atomic mass is 9.79. The second-order valence-electron chi connectivity index (χ2n) is 12.9. The van der Waals surface area contributed by atoms with Gasteiger partial charge in [0.25, 0.3) is 0 Å². The van der Waals surface area contributed by atoms with Crippen LogP contribution in [-0.4, -0.2) is 47.4 Å². The Morgan fingerprint density at radius 3 is 2.53 bits per heavy atom. The first-order valence-corrected chi connectivity index (χ1v) is 16.5. The van der Waals surface area contributed by atoms with Crippen LogP contribution in [0, 0.1) is 34.9 Å². The number of fused-ring (bicyclic) bond motifs is 1. The highest BCUT2D eigenvalue weighted by molar-refractivity contribution is 6.31. The van der Waals surface area contributed by atoms with Gasteiger partial charge >= 0.3 is 6.03 Å². The number of carbonyl (C=O) groups excluding carboxylic acids is 2. The number of amides is 3. The van der Waals surface area contributed by atoms with Gasteiger partial charge in [0.15, 0.2) is 0 Å². The van der Waals surface area contributed by atoms with Gasteiger partial charge in [-0.2, -0.15) is 5.26 Å². The van der Waals surface area contributed by atoms with Gasteiger partial charge in [-0.25, -0.2) is 9.18 Å². The number of hydrogen-bond acceptors (Lipinski definition) is 3. The summed E-state index contributed by atoms with van der Waals surface area (Å²) in [6, 6.07) is 14.4. The highest BCUT2D eigenvalue weighted by Crippen LogP contribution is 2.63. The lowest BCUT2D eigenvalue weighted by Crippen LogP contribution is -2.49. The average molecular weight is 607 g/mol. The Kier molecular flexibility index (Phi) is 9.96. The molecular weight excluding hydrogens is 563 g/mol. The third kappa shape index (κ3) is 7.01. The molecule has 43 heavy (non-hydrogen) atoms. The van der Waals surface area contributed by atoms with E-state index in [-0.39, 0.29) is 28.4 Å². The fourth-order valence-electron chi connectivity index (χ4n) is 7.67. The van der Waals surface area contributed by atoms with E-state index in [4.69, 9.17) is 11.6 Å². The van der Waals surface area contributed by atoms with Crippen molar-refractivity contribution in [2.45, 2.75) is 89.5 Å². The van der Waals surface area contributed by atoms with Crippen LogP contribution >= 0.6 is 11.6 Å². The Morgan fingerprint density at radius 1 is 1.14 bits per heavy atom. The first kappa shape index (κ1) is 31.3. The number of carbonyl (C=O) groups is 2. The second-order valence-corrected chi connectivity index (χ2v) is 13.3. The van der Waals surface area contributed by atoms with Crippen LogP contribution in [0.3, 0.4) is 0 Å². The molecule has 3 fully saturated rings. The number of likely N-dealkylation sites (tertiary alicyclic amines) is 1. The van der Waals surface area contributed by atoms with Crippen molar-refractivity contribution >= 4 is 29.2 Å². The van der Waals surface area contributed by atoms with Crippen LogP contribution < -0.4 is 5.32 Å². The second kappa shape index (κ2) is 13.7. The van der Waals surface area contributed by atoms with Gasteiger partial charge in [0, 0.05) is 37.3 Å². The fourth-order valence-corrected chi connectivity index (χ4v) is 7.85. The Hall–Kier alpha value is -3.11. The zero-order valence-corrected chi connectivity index (χ0v) is 26.2. The van der Waals surface area contributed by atoms with Crippen molar-refractivity contribution in [3.05, 3.63) is 64.4 Å². The SMILES string of the molecule is CCCC(CCC)C(=O)N1CCC(CN(C(=O)Nc2ccc(F)c(Cl)c2)C2CC[C@]3(c4cccc(C#N)c4)C[C@@H]3C2)CC1. The molecule has 1 saturated heterocycles. The third-order valence-electron chi connectivity index (χ3n) is 10.2. The summed E-state index contributed by atoms with van der Waals surface area (Å²) in [6.07, 6.45) is 9.55. The maximum absolute atomic E-state index is 13.8. The van der Waals surface area contributed by atoms with Crippen molar-refractivity contribution in [3.8, 4) is 6.07 Å². The molecule has 230 valence electrons. The molecule has 1 unspecified atom stereocenters. The van der Waals surface area contributed by atoms with Gasteiger partial charge in [-0.15, -0.1) is 0 Å². The standard InChI is InChI=1S/C35H44ClFN4O2/c1-3-6-26(7-4-2)33(42)40-16-13-24(14-17-40)23-41(34(43)39-29-10-11-32(37)31(36)20-29)30-12-15-35(21-28(35)19-30)27-9-5-8-25(18-27)22-38/h5,8-11,18,20,24,26,28,30H,3-4,6-7,12-17,19,21,23H2,1-2H3,(H,39,43)/t28-,30?,35+/m0/s1. The van der Waals surface area contributed by atoms with Gasteiger partial charge < -0.3 is 15.1 Å². The number of benzene rings is 2. The van der Waals surface area contributed by atoms with Crippen LogP contribution in [-0.2, 0) is 10.2 Å². The first-order valence-electron chi connectivity index (χ1n) is 16.1. The number of nitrogens with zero attached hydrogens (tertiary/aromatic N) is 3. The van der Waals surface area contributed by atoms with E-state index in [0.717, 1.165) is 77.3 Å². The van der Waals surface area contributed by atoms with Crippen LogP contribution in [0.5, 0.6) is 0 Å². The van der Waals surface area contributed by atoms with E-state index in [2.05, 4.69) is 31.3 Å². The molecule has 0 bridgehead atoms. The zero-order valence-electron chi connectivity index (χ0n) is 25.5. The van der Waals surface area contributed by atoms with Crippen molar-refractivity contribution in [2.24, 2.45) is 17.8 Å². The molecule has 2 saturated carbocycles. The molecule has 0 aromatic heterocycles. The highest BCUT2D eigenvalue weighted by atomic mass is 35.5. The Bertz CT molecular complexity index is 1350. The number of nitriles is 1. The lowest BCUT2D eigenvalue weighted by molar-refractivity contribution is -0.137. The summed E-state index contributed by atoms with van der Waals surface area (Å²) < 4.78 is 13.8. The topological polar surface area (TPSA) is 76.4 Å². The maximum Gasteiger partial charge on any atom is 0.322 e. The van der Waals surface area contributed by atoms with Gasteiger partial charge in [-0.3, -0.25) is 4.79 Å². The summed E-state index contributed by atoms with van der Waals surface area (Å²) in [7, 11) is 0. The molecule has 1 N–H and O–H groups in total. The van der Waals surface area contributed by atoms with E-state index in [1.807, 2.05) is 28.0 Å². The van der Waals surface area contributed by atoms with E-state index in [9.17, 15) is 19.2 Å². The smallest absolute Gasteiger partial charge is 0.322 e. The van der Waals surface area contributed by atoms with Crippen molar-refractivity contribution in [3.63, 3.8) is 0 Å². The summed E-state index contributed by atoms with van der Waals surface area (Å²) in [5.74, 6) is 0.676. The molecule has 0 radical (unpaired) electrons. The van der Waals surface area contributed by atoms with Gasteiger partial charge in [0.1, 0.15) is 5.82 Å². The number of urea groups is 1. The van der Waals surface area contributed by atoms with Crippen molar-refractivity contribution in [2.75, 3.05) is 25.0 Å². The number of piperidine rings is 1. The van der Waals surface area contributed by atoms with Crippen LogP contribution in [0.4, 0.5) is 14.9 Å². The van der Waals surface area contributed by atoms with Gasteiger partial charge in [-0.05, 0) is 105 Å². The zero-order chi connectivity index (χ0) is 30.6. The summed E-state index contributed by atoms with van der Waals surface area (Å²) >= 11 is 6.01. The van der Waals surface area contributed by atoms with Crippen LogP contribution in [0.1, 0.15) is 89.2 Å². The van der Waals surface area contributed by atoms with E-state index >= 15 is 0 Å². The van der Waals surface area contributed by atoms with Gasteiger partial charge in [0.2, 0.25) is 5.91 Å². The molecule has 2 aliphatic carbocycles. The summed E-state index contributed by atoms with van der Waals surface area (Å²) in [5, 5.41) is 12.4. The van der Waals surface area contributed by atoms with Crippen LogP contribution in [0.2, 0.25) is 5.02 Å². The Morgan fingerprint density at radius 2 is 1.88 bits per heavy atom. The predicted molar refractivity (Wildman–Crippen MR) is 168 cm³/mol. The number of hydrogen-bond donors (Lipinski definition) is 1. The molecule has 2 aromatic carbocycles. The highest BCUT2D eigenvalue weighted by Gasteiger charge is 2.58. The molecule has 1 heterocycles.